The first-order chi connectivity index (χ1) is 11.4. The zero-order valence-electron chi connectivity index (χ0n) is 12.9. The molecule has 2 N–H and O–H groups in total. The summed E-state index contributed by atoms with van der Waals surface area (Å²) in [6.07, 6.45) is -3.54. The number of halogens is 3. The van der Waals surface area contributed by atoms with Gasteiger partial charge in [0.05, 0.1) is 17.7 Å². The minimum absolute atomic E-state index is 0.0117. The molecule has 2 aliphatic rings. The number of aliphatic hydroxyl groups is 1. The Hall–Kier alpha value is -2.01. The number of nitrogens with one attached hydrogen (secondary N) is 1. The van der Waals surface area contributed by atoms with Crippen molar-refractivity contribution in [2.75, 3.05) is 5.32 Å². The van der Waals surface area contributed by atoms with Crippen LogP contribution < -0.4 is 5.32 Å². The van der Waals surface area contributed by atoms with Gasteiger partial charge < -0.3 is 10.4 Å². The van der Waals surface area contributed by atoms with Crippen LogP contribution in [-0.2, 0) is 6.18 Å². The van der Waals surface area contributed by atoms with Gasteiger partial charge in [0.15, 0.2) is 0 Å². The summed E-state index contributed by atoms with van der Waals surface area (Å²) in [5.74, 6) is -0.160. The Bertz CT molecular complexity index is 744. The van der Waals surface area contributed by atoms with Crippen LogP contribution in [0.25, 0.3) is 0 Å². The molecular formula is C19H18F3NO. The zero-order valence-corrected chi connectivity index (χ0v) is 12.9. The van der Waals surface area contributed by atoms with Gasteiger partial charge in [-0.15, -0.1) is 0 Å². The first kappa shape index (κ1) is 15.5. The molecule has 2 aromatic rings. The fourth-order valence-electron chi connectivity index (χ4n) is 4.23. The largest absolute Gasteiger partial charge is 0.416 e. The predicted octanol–water partition coefficient (Wildman–Crippen LogP) is 4.73. The van der Waals surface area contributed by atoms with Crippen molar-refractivity contribution in [3.63, 3.8) is 0 Å². The SMILES string of the molecule is O[C@H]1CC[C@@H]2C1c1cc(C(F)(F)F)ccc1N[C@@H]2c1ccccc1. The molecule has 0 spiro atoms. The molecule has 126 valence electrons. The van der Waals surface area contributed by atoms with E-state index in [2.05, 4.69) is 5.32 Å². The number of fused-ring (bicyclic) bond motifs is 3. The zero-order chi connectivity index (χ0) is 16.9. The monoisotopic (exact) mass is 333 g/mol. The number of benzene rings is 2. The smallest absolute Gasteiger partial charge is 0.392 e. The van der Waals surface area contributed by atoms with E-state index in [0.29, 0.717) is 17.7 Å². The lowest BCUT2D eigenvalue weighted by Crippen LogP contribution is -2.32. The fraction of sp³-hybridized carbons (Fsp3) is 0.368. The number of hydrogen-bond acceptors (Lipinski definition) is 2. The van der Waals surface area contributed by atoms with Crippen molar-refractivity contribution in [3.8, 4) is 0 Å². The van der Waals surface area contributed by atoms with Crippen LogP contribution in [0.4, 0.5) is 18.9 Å². The van der Waals surface area contributed by atoms with Gasteiger partial charge in [0.1, 0.15) is 0 Å². The van der Waals surface area contributed by atoms with Gasteiger partial charge in [0.2, 0.25) is 0 Å². The van der Waals surface area contributed by atoms with Crippen molar-refractivity contribution in [2.24, 2.45) is 5.92 Å². The maximum atomic E-state index is 13.1. The topological polar surface area (TPSA) is 32.3 Å². The molecule has 24 heavy (non-hydrogen) atoms. The van der Waals surface area contributed by atoms with Crippen molar-refractivity contribution in [1.29, 1.82) is 0 Å². The molecule has 4 rings (SSSR count). The molecule has 0 radical (unpaired) electrons. The van der Waals surface area contributed by atoms with Crippen LogP contribution >= 0.6 is 0 Å². The van der Waals surface area contributed by atoms with Crippen molar-refractivity contribution in [2.45, 2.75) is 37.1 Å². The summed E-state index contributed by atoms with van der Waals surface area (Å²) >= 11 is 0. The second-order valence-electron chi connectivity index (χ2n) is 6.67. The summed E-state index contributed by atoms with van der Waals surface area (Å²) in [6.45, 7) is 0. The number of hydrogen-bond donors (Lipinski definition) is 2. The Morgan fingerprint density at radius 1 is 1.00 bits per heavy atom. The van der Waals surface area contributed by atoms with Crippen molar-refractivity contribution in [1.82, 2.24) is 0 Å². The van der Waals surface area contributed by atoms with E-state index in [1.807, 2.05) is 30.3 Å². The van der Waals surface area contributed by atoms with Crippen LogP contribution in [0.1, 0.15) is 41.5 Å². The first-order valence-corrected chi connectivity index (χ1v) is 8.16. The summed E-state index contributed by atoms with van der Waals surface area (Å²) in [6, 6.07) is 13.7. The molecule has 4 atom stereocenters. The highest BCUT2D eigenvalue weighted by atomic mass is 19.4. The minimum atomic E-state index is -4.37. The molecule has 1 heterocycles. The lowest BCUT2D eigenvalue weighted by Gasteiger charge is -2.38. The Labute approximate surface area is 138 Å². The summed E-state index contributed by atoms with van der Waals surface area (Å²) < 4.78 is 39.2. The van der Waals surface area contributed by atoms with Crippen molar-refractivity contribution >= 4 is 5.69 Å². The number of alkyl halides is 3. The van der Waals surface area contributed by atoms with E-state index >= 15 is 0 Å². The maximum absolute atomic E-state index is 13.1. The molecule has 0 saturated heterocycles. The maximum Gasteiger partial charge on any atom is 0.416 e. The second kappa shape index (κ2) is 5.52. The second-order valence-corrected chi connectivity index (χ2v) is 6.67. The highest BCUT2D eigenvalue weighted by Gasteiger charge is 2.46. The summed E-state index contributed by atoms with van der Waals surface area (Å²) in [4.78, 5) is 0. The highest BCUT2D eigenvalue weighted by molar-refractivity contribution is 5.60. The molecule has 1 saturated carbocycles. The molecule has 1 aliphatic carbocycles. The van der Waals surface area contributed by atoms with Gasteiger partial charge in [-0.3, -0.25) is 0 Å². The lowest BCUT2D eigenvalue weighted by atomic mass is 9.76. The number of aliphatic hydroxyl groups excluding tert-OH is 1. The third-order valence-corrected chi connectivity index (χ3v) is 5.31. The van der Waals surface area contributed by atoms with E-state index in [4.69, 9.17) is 0 Å². The normalized spacial score (nSPS) is 28.8. The van der Waals surface area contributed by atoms with Crippen LogP contribution in [0, 0.1) is 5.92 Å². The van der Waals surface area contributed by atoms with E-state index in [0.717, 1.165) is 18.1 Å². The standard InChI is InChI=1S/C19H18F3NO/c20-19(21,22)12-6-8-15-14(10-12)17-13(7-9-16(17)24)18(23-15)11-4-2-1-3-5-11/h1-6,8,10,13,16-18,23-24H,7,9H2/t13-,16+,17?,18-/m1/s1. The van der Waals surface area contributed by atoms with E-state index < -0.39 is 17.8 Å². The lowest BCUT2D eigenvalue weighted by molar-refractivity contribution is -0.137. The molecule has 1 fully saturated rings. The minimum Gasteiger partial charge on any atom is -0.392 e. The fourth-order valence-corrected chi connectivity index (χ4v) is 4.23. The van der Waals surface area contributed by atoms with Gasteiger partial charge in [-0.25, -0.2) is 0 Å². The first-order valence-electron chi connectivity index (χ1n) is 8.16. The number of rotatable bonds is 1. The third-order valence-electron chi connectivity index (χ3n) is 5.31. The van der Waals surface area contributed by atoms with Gasteiger partial charge in [0.25, 0.3) is 0 Å². The van der Waals surface area contributed by atoms with E-state index in [1.54, 1.807) is 0 Å². The molecule has 0 bridgehead atoms. The van der Waals surface area contributed by atoms with Gasteiger partial charge in [-0.1, -0.05) is 30.3 Å². The van der Waals surface area contributed by atoms with E-state index in [-0.39, 0.29) is 17.9 Å². The summed E-state index contributed by atoms with van der Waals surface area (Å²) in [5.41, 5.74) is 1.73. The van der Waals surface area contributed by atoms with Gasteiger partial charge in [-0.05, 0) is 48.1 Å². The van der Waals surface area contributed by atoms with Crippen LogP contribution in [-0.4, -0.2) is 11.2 Å². The molecule has 1 aliphatic heterocycles. The molecule has 1 unspecified atom stereocenters. The van der Waals surface area contributed by atoms with Crippen LogP contribution in [0.3, 0.4) is 0 Å². The van der Waals surface area contributed by atoms with Crippen molar-refractivity contribution < 1.29 is 18.3 Å². The Morgan fingerprint density at radius 3 is 2.46 bits per heavy atom. The van der Waals surface area contributed by atoms with Gasteiger partial charge in [0, 0.05) is 11.6 Å². The average Bonchev–Trinajstić information content (AvgIpc) is 2.96. The van der Waals surface area contributed by atoms with E-state index in [9.17, 15) is 18.3 Å². The van der Waals surface area contributed by atoms with Crippen LogP contribution in [0.15, 0.2) is 48.5 Å². The molecular weight excluding hydrogens is 315 g/mol. The van der Waals surface area contributed by atoms with E-state index in [1.165, 1.54) is 12.1 Å². The molecule has 2 aromatic carbocycles. The Morgan fingerprint density at radius 2 is 1.75 bits per heavy atom. The van der Waals surface area contributed by atoms with Crippen molar-refractivity contribution in [3.05, 3.63) is 65.2 Å². The predicted molar refractivity (Wildman–Crippen MR) is 85.7 cm³/mol. The molecule has 0 aromatic heterocycles. The third kappa shape index (κ3) is 2.47. The number of anilines is 1. The quantitative estimate of drug-likeness (QED) is 0.791. The van der Waals surface area contributed by atoms with Crippen LogP contribution in [0.5, 0.6) is 0 Å². The van der Waals surface area contributed by atoms with Gasteiger partial charge in [-0.2, -0.15) is 13.2 Å². The van der Waals surface area contributed by atoms with Crippen LogP contribution in [0.2, 0.25) is 0 Å². The average molecular weight is 333 g/mol. The Kier molecular flexibility index (Phi) is 3.57. The molecule has 5 heteroatoms. The Balaban J connectivity index is 1.80. The molecule has 0 amide bonds. The summed E-state index contributed by atoms with van der Waals surface area (Å²) in [7, 11) is 0. The molecule has 2 nitrogen and oxygen atoms in total. The van der Waals surface area contributed by atoms with Gasteiger partial charge >= 0.3 is 6.18 Å². The highest BCUT2D eigenvalue weighted by Crippen LogP contribution is 2.53. The summed E-state index contributed by atoms with van der Waals surface area (Å²) in [5, 5.41) is 13.8.